The van der Waals surface area contributed by atoms with E-state index in [0.717, 1.165) is 6.42 Å². The lowest BCUT2D eigenvalue weighted by Gasteiger charge is -2.28. The van der Waals surface area contributed by atoms with Gasteiger partial charge in [0.2, 0.25) is 5.82 Å². The summed E-state index contributed by atoms with van der Waals surface area (Å²) < 4.78 is 28.3. The van der Waals surface area contributed by atoms with Gasteiger partial charge < -0.3 is 14.4 Å². The molecule has 2 aliphatic rings. The largest absolute Gasteiger partial charge is 0.380 e. The van der Waals surface area contributed by atoms with Gasteiger partial charge in [-0.3, -0.25) is 13.8 Å². The van der Waals surface area contributed by atoms with Gasteiger partial charge in [-0.05, 0) is 50.8 Å². The first kappa shape index (κ1) is 17.7. The van der Waals surface area contributed by atoms with Gasteiger partial charge in [0.05, 0.1) is 11.0 Å². The molecular weight excluding hydrogens is 393 g/mol. The number of benzene rings is 1. The molecule has 2 fully saturated rings. The minimum atomic E-state index is -1.09. The Labute approximate surface area is 168 Å². The van der Waals surface area contributed by atoms with Crippen LogP contribution in [0.5, 0.6) is 0 Å². The average molecular weight is 411 g/mol. The first-order valence-corrected chi connectivity index (χ1v) is 9.82. The Morgan fingerprint density at radius 3 is 2.80 bits per heavy atom. The maximum absolute atomic E-state index is 14.1. The predicted molar refractivity (Wildman–Crippen MR) is 102 cm³/mol. The summed E-state index contributed by atoms with van der Waals surface area (Å²) in [6.45, 7) is 2.34. The van der Waals surface area contributed by atoms with E-state index in [1.54, 1.807) is 10.5 Å². The molecule has 4 heterocycles. The molecule has 0 bridgehead atoms. The quantitative estimate of drug-likeness (QED) is 0.551. The minimum absolute atomic E-state index is 0.118. The number of hydrogen-bond donors (Lipinski definition) is 1. The monoisotopic (exact) mass is 411 g/mol. The molecule has 1 saturated heterocycles. The van der Waals surface area contributed by atoms with Crippen LogP contribution in [0.3, 0.4) is 0 Å². The van der Waals surface area contributed by atoms with Crippen LogP contribution in [0.25, 0.3) is 28.1 Å². The van der Waals surface area contributed by atoms with E-state index in [2.05, 4.69) is 15.1 Å². The third kappa shape index (κ3) is 2.34. The second-order valence-electron chi connectivity index (χ2n) is 8.17. The second kappa shape index (κ2) is 5.73. The maximum atomic E-state index is 14.1. The molecule has 30 heavy (non-hydrogen) atoms. The summed E-state index contributed by atoms with van der Waals surface area (Å²) in [5, 5.41) is 14.2. The molecule has 3 aromatic heterocycles. The van der Waals surface area contributed by atoms with Gasteiger partial charge in [0.15, 0.2) is 0 Å². The molecule has 0 radical (unpaired) electrons. The highest BCUT2D eigenvalue weighted by atomic mass is 19.1. The lowest BCUT2D eigenvalue weighted by atomic mass is 10.1. The number of aliphatic hydroxyl groups is 1. The summed E-state index contributed by atoms with van der Waals surface area (Å²) in [6, 6.07) is 4.27. The molecule has 1 unspecified atom stereocenters. The zero-order chi connectivity index (χ0) is 20.7. The van der Waals surface area contributed by atoms with Crippen molar-refractivity contribution >= 4 is 16.6 Å². The summed E-state index contributed by atoms with van der Waals surface area (Å²) in [4.78, 5) is 22.3. The zero-order valence-electron chi connectivity index (χ0n) is 16.1. The molecule has 154 valence electrons. The molecule has 1 atom stereocenters. The molecular formula is C20H18FN5O4. The molecule has 1 saturated carbocycles. The summed E-state index contributed by atoms with van der Waals surface area (Å²) in [5.41, 5.74) is -0.884. The maximum Gasteiger partial charge on any atom is 0.280 e. The van der Waals surface area contributed by atoms with Crippen molar-refractivity contribution in [1.29, 1.82) is 0 Å². The van der Waals surface area contributed by atoms with Crippen molar-refractivity contribution in [3.63, 3.8) is 0 Å². The van der Waals surface area contributed by atoms with Crippen molar-refractivity contribution in [3.05, 3.63) is 46.6 Å². The van der Waals surface area contributed by atoms with E-state index in [1.165, 1.54) is 23.0 Å². The molecule has 10 heteroatoms. The molecule has 0 amide bonds. The van der Waals surface area contributed by atoms with Crippen molar-refractivity contribution in [2.75, 3.05) is 6.61 Å². The van der Waals surface area contributed by atoms with Crippen LogP contribution in [0, 0.1) is 5.82 Å². The normalized spacial score (nSPS) is 22.9. The van der Waals surface area contributed by atoms with Gasteiger partial charge in [-0.1, -0.05) is 5.16 Å². The van der Waals surface area contributed by atoms with E-state index in [4.69, 9.17) is 9.26 Å². The van der Waals surface area contributed by atoms with Gasteiger partial charge in [0.25, 0.3) is 11.4 Å². The van der Waals surface area contributed by atoms with Gasteiger partial charge in [0, 0.05) is 6.61 Å². The van der Waals surface area contributed by atoms with Crippen LogP contribution in [0.4, 0.5) is 4.39 Å². The molecule has 4 aromatic rings. The Hall–Kier alpha value is -3.11. The molecule has 0 spiro atoms. The van der Waals surface area contributed by atoms with Crippen LogP contribution in [0.1, 0.15) is 38.5 Å². The molecule has 1 aromatic carbocycles. The van der Waals surface area contributed by atoms with Crippen LogP contribution in [-0.4, -0.2) is 35.8 Å². The number of nitrogens with zero attached hydrogens (tertiary/aromatic N) is 5. The van der Waals surface area contributed by atoms with Crippen LogP contribution < -0.4 is 5.56 Å². The molecule has 1 aliphatic heterocycles. The van der Waals surface area contributed by atoms with Crippen LogP contribution in [-0.2, 0) is 16.1 Å². The Morgan fingerprint density at radius 1 is 1.23 bits per heavy atom. The third-order valence-electron chi connectivity index (χ3n) is 6.04. The molecule has 9 nitrogen and oxygen atoms in total. The standard InChI is InChI=1S/C20H18FN5O4/c1-19(5-2-8-29-19)26-13-9-11(21)3-4-12(13)25-10-22-14(15(25)17(26)27)16-23-18(30-24-16)20(28)6-7-20/h3-4,9-10,28H,2,5-8H2,1H3. The molecule has 6 rings (SSSR count). The van der Waals surface area contributed by atoms with E-state index in [1.807, 2.05) is 6.92 Å². The van der Waals surface area contributed by atoms with Crippen molar-refractivity contribution in [2.45, 2.75) is 43.9 Å². The topological polar surface area (TPSA) is 108 Å². The van der Waals surface area contributed by atoms with E-state index in [-0.39, 0.29) is 28.5 Å². The number of ether oxygens (including phenoxy) is 1. The van der Waals surface area contributed by atoms with Gasteiger partial charge in [-0.2, -0.15) is 4.98 Å². The number of fused-ring (bicyclic) bond motifs is 3. The highest BCUT2D eigenvalue weighted by Crippen LogP contribution is 2.44. The highest BCUT2D eigenvalue weighted by molar-refractivity contribution is 5.83. The van der Waals surface area contributed by atoms with Crippen LogP contribution in [0.15, 0.2) is 33.8 Å². The van der Waals surface area contributed by atoms with Crippen molar-refractivity contribution in [1.82, 2.24) is 24.1 Å². The third-order valence-corrected chi connectivity index (χ3v) is 6.04. The lowest BCUT2D eigenvalue weighted by Crippen LogP contribution is -2.39. The zero-order valence-corrected chi connectivity index (χ0v) is 16.1. The fraction of sp³-hybridized carbons (Fsp3) is 0.400. The summed E-state index contributed by atoms with van der Waals surface area (Å²) in [7, 11) is 0. The highest BCUT2D eigenvalue weighted by Gasteiger charge is 2.48. The molecule has 1 N–H and O–H groups in total. The Bertz CT molecular complexity index is 1380. The first-order valence-electron chi connectivity index (χ1n) is 9.82. The molecule has 1 aliphatic carbocycles. The van der Waals surface area contributed by atoms with Crippen molar-refractivity contribution in [3.8, 4) is 11.5 Å². The fourth-order valence-electron chi connectivity index (χ4n) is 4.25. The van der Waals surface area contributed by atoms with E-state index in [0.29, 0.717) is 36.9 Å². The van der Waals surface area contributed by atoms with Gasteiger partial charge >= 0.3 is 0 Å². The Balaban J connectivity index is 1.67. The van der Waals surface area contributed by atoms with E-state index < -0.39 is 17.1 Å². The van der Waals surface area contributed by atoms with Crippen molar-refractivity contribution in [2.24, 2.45) is 0 Å². The Kier molecular flexibility index (Phi) is 3.39. The Morgan fingerprint density at radius 2 is 2.07 bits per heavy atom. The number of rotatable bonds is 3. The summed E-state index contributed by atoms with van der Waals surface area (Å²) in [6.07, 6.45) is 4.01. The SMILES string of the molecule is CC1(n2c(=O)c3c(-c4noc(C5(O)CC5)n4)ncn3c3ccc(F)cc32)CCCO1. The number of halogens is 1. The average Bonchev–Trinajstić information content (AvgIpc) is 3.15. The van der Waals surface area contributed by atoms with Crippen molar-refractivity contribution < 1.29 is 18.8 Å². The van der Waals surface area contributed by atoms with E-state index >= 15 is 0 Å². The number of hydrogen-bond acceptors (Lipinski definition) is 7. The van der Waals surface area contributed by atoms with Crippen LogP contribution in [0.2, 0.25) is 0 Å². The predicted octanol–water partition coefficient (Wildman–Crippen LogP) is 2.30. The summed E-state index contributed by atoms with van der Waals surface area (Å²) >= 11 is 0. The summed E-state index contributed by atoms with van der Waals surface area (Å²) in [5.74, 6) is -0.208. The van der Waals surface area contributed by atoms with Gasteiger partial charge in [0.1, 0.15) is 34.7 Å². The van der Waals surface area contributed by atoms with Crippen LogP contribution >= 0.6 is 0 Å². The number of imidazole rings is 1. The van der Waals surface area contributed by atoms with Gasteiger partial charge in [-0.25, -0.2) is 9.37 Å². The van der Waals surface area contributed by atoms with E-state index in [9.17, 15) is 14.3 Å². The first-order chi connectivity index (χ1) is 14.4. The number of aromatic nitrogens is 5. The fourth-order valence-corrected chi connectivity index (χ4v) is 4.25. The second-order valence-corrected chi connectivity index (χ2v) is 8.17. The smallest absolute Gasteiger partial charge is 0.280 e. The van der Waals surface area contributed by atoms with Gasteiger partial charge in [-0.15, -0.1) is 0 Å². The lowest BCUT2D eigenvalue weighted by molar-refractivity contribution is -0.0447. The minimum Gasteiger partial charge on any atom is -0.380 e.